The van der Waals surface area contributed by atoms with Crippen molar-refractivity contribution in [3.63, 3.8) is 0 Å². The van der Waals surface area contributed by atoms with Crippen LogP contribution in [0.1, 0.15) is 25.7 Å². The quantitative estimate of drug-likeness (QED) is 0.649. The molecular weight excluding hydrogens is 152 g/mol. The van der Waals surface area contributed by atoms with Crippen molar-refractivity contribution in [1.29, 1.82) is 0 Å². The van der Waals surface area contributed by atoms with Gasteiger partial charge in [-0.3, -0.25) is 0 Å². The minimum atomic E-state index is 0.284. The van der Waals surface area contributed by atoms with Crippen molar-refractivity contribution >= 4 is 0 Å². The molecule has 0 radical (unpaired) electrons. The molecule has 0 aliphatic heterocycles. The first kappa shape index (κ1) is 8.52. The first-order valence-corrected chi connectivity index (χ1v) is 5.08. The van der Waals surface area contributed by atoms with Crippen molar-refractivity contribution in [3.8, 4) is 0 Å². The van der Waals surface area contributed by atoms with Gasteiger partial charge >= 0.3 is 0 Å². The van der Waals surface area contributed by atoms with E-state index in [1.165, 1.54) is 25.7 Å². The SMILES string of the molecule is OC[C@H]1C2CCC(CC2)[C@@H]1CO. The van der Waals surface area contributed by atoms with Gasteiger partial charge in [0.05, 0.1) is 0 Å². The van der Waals surface area contributed by atoms with Crippen molar-refractivity contribution in [3.05, 3.63) is 0 Å². The molecule has 0 saturated heterocycles. The predicted molar refractivity (Wildman–Crippen MR) is 46.6 cm³/mol. The van der Waals surface area contributed by atoms with Crippen LogP contribution < -0.4 is 0 Å². The number of aliphatic hydroxyl groups excluding tert-OH is 2. The summed E-state index contributed by atoms with van der Waals surface area (Å²) in [6.45, 7) is 0.568. The third kappa shape index (κ3) is 1.17. The topological polar surface area (TPSA) is 40.5 Å². The zero-order valence-corrected chi connectivity index (χ0v) is 7.45. The van der Waals surface area contributed by atoms with Gasteiger partial charge in [-0.2, -0.15) is 0 Å². The zero-order chi connectivity index (χ0) is 8.55. The normalized spacial score (nSPS) is 46.5. The maximum Gasteiger partial charge on any atom is 0.0465 e. The Morgan fingerprint density at radius 2 is 1.08 bits per heavy atom. The van der Waals surface area contributed by atoms with Gasteiger partial charge in [0, 0.05) is 13.2 Å². The lowest BCUT2D eigenvalue weighted by Gasteiger charge is -2.47. The first-order valence-electron chi connectivity index (χ1n) is 5.08. The summed E-state index contributed by atoms with van der Waals surface area (Å²) in [5.74, 6) is 2.22. The Labute approximate surface area is 73.6 Å². The fraction of sp³-hybridized carbons (Fsp3) is 1.00. The Kier molecular flexibility index (Phi) is 2.37. The first-order chi connectivity index (χ1) is 5.86. The Hall–Kier alpha value is -0.0800. The van der Waals surface area contributed by atoms with Crippen LogP contribution in [-0.2, 0) is 0 Å². The number of hydrogen-bond acceptors (Lipinski definition) is 2. The highest BCUT2D eigenvalue weighted by Gasteiger charge is 2.42. The average molecular weight is 170 g/mol. The van der Waals surface area contributed by atoms with Crippen molar-refractivity contribution < 1.29 is 10.2 Å². The second-order valence-corrected chi connectivity index (χ2v) is 4.37. The van der Waals surface area contributed by atoms with Crippen LogP contribution in [-0.4, -0.2) is 23.4 Å². The predicted octanol–water partition coefficient (Wildman–Crippen LogP) is 1.02. The molecule has 3 saturated carbocycles. The molecule has 0 aromatic heterocycles. The van der Waals surface area contributed by atoms with Gasteiger partial charge in [0.1, 0.15) is 0 Å². The summed E-state index contributed by atoms with van der Waals surface area (Å²) in [7, 11) is 0. The lowest BCUT2D eigenvalue weighted by Crippen LogP contribution is -2.43. The lowest BCUT2D eigenvalue weighted by atomic mass is 9.59. The zero-order valence-electron chi connectivity index (χ0n) is 7.45. The molecule has 2 heteroatoms. The summed E-state index contributed by atoms with van der Waals surface area (Å²) < 4.78 is 0. The van der Waals surface area contributed by atoms with E-state index in [0.29, 0.717) is 23.7 Å². The smallest absolute Gasteiger partial charge is 0.0465 e. The van der Waals surface area contributed by atoms with Crippen molar-refractivity contribution in [2.45, 2.75) is 25.7 Å². The minimum absolute atomic E-state index is 0.284. The largest absolute Gasteiger partial charge is 0.396 e. The second kappa shape index (κ2) is 3.35. The van der Waals surface area contributed by atoms with E-state index in [-0.39, 0.29) is 13.2 Å². The molecule has 0 aromatic carbocycles. The molecule has 12 heavy (non-hydrogen) atoms. The molecule has 2 N–H and O–H groups in total. The molecule has 0 unspecified atom stereocenters. The van der Waals surface area contributed by atoms with Gasteiger partial charge in [0.25, 0.3) is 0 Å². The average Bonchev–Trinajstić information content (AvgIpc) is 2.18. The summed E-state index contributed by atoms with van der Waals surface area (Å²) >= 11 is 0. The summed E-state index contributed by atoms with van der Waals surface area (Å²) in [6.07, 6.45) is 5.14. The Morgan fingerprint density at radius 3 is 1.33 bits per heavy atom. The molecule has 2 nitrogen and oxygen atoms in total. The molecule has 0 spiro atoms. The van der Waals surface area contributed by atoms with Crippen LogP contribution in [0.2, 0.25) is 0 Å². The van der Waals surface area contributed by atoms with E-state index in [9.17, 15) is 10.2 Å². The van der Waals surface area contributed by atoms with E-state index in [0.717, 1.165) is 0 Å². The highest BCUT2D eigenvalue weighted by Crippen LogP contribution is 2.48. The molecule has 3 aliphatic rings. The highest BCUT2D eigenvalue weighted by atomic mass is 16.3. The van der Waals surface area contributed by atoms with E-state index in [1.54, 1.807) is 0 Å². The summed E-state index contributed by atoms with van der Waals surface area (Å²) in [4.78, 5) is 0. The van der Waals surface area contributed by atoms with E-state index in [2.05, 4.69) is 0 Å². The highest BCUT2D eigenvalue weighted by molar-refractivity contribution is 4.91. The van der Waals surface area contributed by atoms with E-state index >= 15 is 0 Å². The monoisotopic (exact) mass is 170 g/mol. The van der Waals surface area contributed by atoms with E-state index < -0.39 is 0 Å². The van der Waals surface area contributed by atoms with Gasteiger partial charge in [-0.25, -0.2) is 0 Å². The molecule has 70 valence electrons. The van der Waals surface area contributed by atoms with Gasteiger partial charge < -0.3 is 10.2 Å². The van der Waals surface area contributed by atoms with Crippen LogP contribution in [0.15, 0.2) is 0 Å². The number of hydrogen-bond donors (Lipinski definition) is 2. The van der Waals surface area contributed by atoms with Crippen LogP contribution in [0.4, 0.5) is 0 Å². The van der Waals surface area contributed by atoms with Crippen LogP contribution in [0.25, 0.3) is 0 Å². The van der Waals surface area contributed by atoms with Gasteiger partial charge in [0.2, 0.25) is 0 Å². The Bertz CT molecular complexity index is 132. The molecule has 3 aliphatic carbocycles. The summed E-state index contributed by atoms with van der Waals surface area (Å²) in [5, 5.41) is 18.4. The van der Waals surface area contributed by atoms with Gasteiger partial charge in [-0.15, -0.1) is 0 Å². The van der Waals surface area contributed by atoms with Gasteiger partial charge in [0.15, 0.2) is 0 Å². The molecule has 3 fully saturated rings. The molecule has 2 bridgehead atoms. The second-order valence-electron chi connectivity index (χ2n) is 4.37. The lowest BCUT2D eigenvalue weighted by molar-refractivity contribution is -0.0351. The molecule has 2 atom stereocenters. The minimum Gasteiger partial charge on any atom is -0.396 e. The summed E-state index contributed by atoms with van der Waals surface area (Å²) in [5.41, 5.74) is 0. The number of aliphatic hydroxyl groups is 2. The standard InChI is InChI=1S/C10H18O2/c11-5-9-7-1-2-8(4-3-7)10(9)6-12/h7-12H,1-6H2/t7?,8?,9-,10-/m0/s1. The number of rotatable bonds is 2. The molecule has 0 aromatic rings. The summed E-state index contributed by atoms with van der Waals surface area (Å²) in [6, 6.07) is 0. The fourth-order valence-corrected chi connectivity index (χ4v) is 3.27. The molecular formula is C10H18O2. The number of fused-ring (bicyclic) bond motifs is 3. The van der Waals surface area contributed by atoms with Crippen LogP contribution in [0, 0.1) is 23.7 Å². The van der Waals surface area contributed by atoms with Gasteiger partial charge in [-0.05, 0) is 49.4 Å². The molecule has 0 amide bonds. The third-order valence-electron chi connectivity index (χ3n) is 4.00. The van der Waals surface area contributed by atoms with Crippen molar-refractivity contribution in [1.82, 2.24) is 0 Å². The third-order valence-corrected chi connectivity index (χ3v) is 4.00. The maximum absolute atomic E-state index is 9.20. The Balaban J connectivity index is 2.10. The Morgan fingerprint density at radius 1 is 0.750 bits per heavy atom. The van der Waals surface area contributed by atoms with Gasteiger partial charge in [-0.1, -0.05) is 0 Å². The van der Waals surface area contributed by atoms with Crippen molar-refractivity contribution in [2.24, 2.45) is 23.7 Å². The molecule has 3 rings (SSSR count). The van der Waals surface area contributed by atoms with Crippen LogP contribution >= 0.6 is 0 Å². The van der Waals surface area contributed by atoms with E-state index in [4.69, 9.17) is 0 Å². The molecule has 0 heterocycles. The van der Waals surface area contributed by atoms with Crippen LogP contribution in [0.3, 0.4) is 0 Å². The van der Waals surface area contributed by atoms with E-state index in [1.807, 2.05) is 0 Å². The van der Waals surface area contributed by atoms with Crippen LogP contribution in [0.5, 0.6) is 0 Å². The fourth-order valence-electron chi connectivity index (χ4n) is 3.27. The maximum atomic E-state index is 9.20. The van der Waals surface area contributed by atoms with Crippen molar-refractivity contribution in [2.75, 3.05) is 13.2 Å².